The summed E-state index contributed by atoms with van der Waals surface area (Å²) in [6.07, 6.45) is 2.87. The second-order valence-electron chi connectivity index (χ2n) is 6.21. The summed E-state index contributed by atoms with van der Waals surface area (Å²) in [5.74, 6) is 0.420. The number of hydrogen-bond donors (Lipinski definition) is 1. The van der Waals surface area contributed by atoms with Crippen molar-refractivity contribution in [3.8, 4) is 0 Å². The van der Waals surface area contributed by atoms with Gasteiger partial charge >= 0.3 is 0 Å². The van der Waals surface area contributed by atoms with Crippen LogP contribution in [0.3, 0.4) is 0 Å². The van der Waals surface area contributed by atoms with Gasteiger partial charge in [0.15, 0.2) is 0 Å². The van der Waals surface area contributed by atoms with Crippen molar-refractivity contribution in [2.45, 2.75) is 25.8 Å². The van der Waals surface area contributed by atoms with E-state index in [1.54, 1.807) is 11.3 Å². The Hall–Kier alpha value is -1.65. The largest absolute Gasteiger partial charge is 0.356 e. The lowest BCUT2D eigenvalue weighted by Gasteiger charge is -2.31. The third-order valence-electron chi connectivity index (χ3n) is 4.50. The van der Waals surface area contributed by atoms with Gasteiger partial charge in [-0.25, -0.2) is 0 Å². The smallest absolute Gasteiger partial charge is 0.223 e. The summed E-state index contributed by atoms with van der Waals surface area (Å²) >= 11 is 1.71. The van der Waals surface area contributed by atoms with Crippen LogP contribution in [0.5, 0.6) is 0 Å². The van der Waals surface area contributed by atoms with Crippen LogP contribution >= 0.6 is 11.3 Å². The Morgan fingerprint density at radius 2 is 1.91 bits per heavy atom. The van der Waals surface area contributed by atoms with Gasteiger partial charge in [-0.05, 0) is 60.3 Å². The molecule has 0 aliphatic carbocycles. The van der Waals surface area contributed by atoms with E-state index in [4.69, 9.17) is 0 Å². The Balaban J connectivity index is 1.37. The van der Waals surface area contributed by atoms with Crippen molar-refractivity contribution in [2.75, 3.05) is 19.6 Å². The standard InChI is InChI=1S/C19H24N2OS/c22-19(20-10-6-17-9-13-23-15-17)18-7-11-21(12-8-18)14-16-4-2-1-3-5-16/h1-5,9,13,15,18H,6-8,10-12,14H2,(H,20,22). The highest BCUT2D eigenvalue weighted by molar-refractivity contribution is 7.07. The number of hydrogen-bond acceptors (Lipinski definition) is 3. The van der Waals surface area contributed by atoms with Crippen LogP contribution in [0.1, 0.15) is 24.0 Å². The van der Waals surface area contributed by atoms with Crippen LogP contribution in [-0.4, -0.2) is 30.4 Å². The van der Waals surface area contributed by atoms with Crippen molar-refractivity contribution in [1.29, 1.82) is 0 Å². The van der Waals surface area contributed by atoms with Crippen LogP contribution in [-0.2, 0) is 17.8 Å². The second kappa shape index (κ2) is 8.27. The van der Waals surface area contributed by atoms with E-state index < -0.39 is 0 Å². The molecule has 1 aliphatic rings. The molecule has 122 valence electrons. The molecule has 0 unspecified atom stereocenters. The van der Waals surface area contributed by atoms with Crippen LogP contribution in [0.2, 0.25) is 0 Å². The molecule has 2 aromatic rings. The lowest BCUT2D eigenvalue weighted by molar-refractivity contribution is -0.126. The molecule has 1 aromatic heterocycles. The van der Waals surface area contributed by atoms with E-state index in [1.165, 1.54) is 11.1 Å². The van der Waals surface area contributed by atoms with Crippen molar-refractivity contribution in [1.82, 2.24) is 10.2 Å². The minimum atomic E-state index is 0.185. The maximum atomic E-state index is 12.3. The highest BCUT2D eigenvalue weighted by atomic mass is 32.1. The quantitative estimate of drug-likeness (QED) is 0.882. The lowest BCUT2D eigenvalue weighted by Crippen LogP contribution is -2.40. The number of amides is 1. The molecule has 1 saturated heterocycles. The summed E-state index contributed by atoms with van der Waals surface area (Å²) in [7, 11) is 0. The first-order valence-electron chi connectivity index (χ1n) is 8.36. The Bertz CT molecular complexity index is 589. The average Bonchev–Trinajstić information content (AvgIpc) is 3.10. The molecule has 23 heavy (non-hydrogen) atoms. The predicted molar refractivity (Wildman–Crippen MR) is 95.5 cm³/mol. The Morgan fingerprint density at radius 1 is 1.13 bits per heavy atom. The number of nitrogens with zero attached hydrogens (tertiary/aromatic N) is 1. The minimum absolute atomic E-state index is 0.185. The molecule has 1 amide bonds. The zero-order valence-electron chi connectivity index (χ0n) is 13.4. The fraction of sp³-hybridized carbons (Fsp3) is 0.421. The third kappa shape index (κ3) is 4.91. The van der Waals surface area contributed by atoms with Gasteiger partial charge in [0, 0.05) is 19.0 Å². The van der Waals surface area contributed by atoms with Crippen molar-refractivity contribution in [2.24, 2.45) is 5.92 Å². The molecular weight excluding hydrogens is 304 g/mol. The van der Waals surface area contributed by atoms with Crippen LogP contribution in [0.15, 0.2) is 47.2 Å². The molecule has 0 spiro atoms. The first-order chi connectivity index (χ1) is 11.3. The maximum Gasteiger partial charge on any atom is 0.223 e. The van der Waals surface area contributed by atoms with Gasteiger partial charge in [0.2, 0.25) is 5.91 Å². The van der Waals surface area contributed by atoms with Gasteiger partial charge < -0.3 is 5.32 Å². The van der Waals surface area contributed by atoms with Gasteiger partial charge in [0.05, 0.1) is 0 Å². The Labute approximate surface area is 142 Å². The number of thiophene rings is 1. The molecule has 0 radical (unpaired) electrons. The molecule has 1 N–H and O–H groups in total. The van der Waals surface area contributed by atoms with Crippen LogP contribution in [0, 0.1) is 5.92 Å². The number of nitrogens with one attached hydrogen (secondary N) is 1. The fourth-order valence-electron chi connectivity index (χ4n) is 3.10. The number of piperidine rings is 1. The third-order valence-corrected chi connectivity index (χ3v) is 5.23. The predicted octanol–water partition coefficient (Wildman–Crippen LogP) is 3.32. The normalized spacial score (nSPS) is 16.3. The molecule has 3 nitrogen and oxygen atoms in total. The second-order valence-corrected chi connectivity index (χ2v) is 6.99. The molecular formula is C19H24N2OS. The van der Waals surface area contributed by atoms with E-state index in [0.29, 0.717) is 0 Å². The summed E-state index contributed by atoms with van der Waals surface area (Å²) in [6.45, 7) is 3.77. The van der Waals surface area contributed by atoms with E-state index >= 15 is 0 Å². The minimum Gasteiger partial charge on any atom is -0.356 e. The number of likely N-dealkylation sites (tertiary alicyclic amines) is 1. The number of carbonyl (C=O) groups excluding carboxylic acids is 1. The molecule has 1 aromatic carbocycles. The lowest BCUT2D eigenvalue weighted by atomic mass is 9.95. The van der Waals surface area contributed by atoms with E-state index in [2.05, 4.69) is 57.4 Å². The van der Waals surface area contributed by atoms with E-state index in [9.17, 15) is 4.79 Å². The molecule has 4 heteroatoms. The molecule has 0 bridgehead atoms. The summed E-state index contributed by atoms with van der Waals surface area (Å²) in [6, 6.07) is 12.7. The molecule has 1 aliphatic heterocycles. The van der Waals surface area contributed by atoms with Crippen LogP contribution in [0.25, 0.3) is 0 Å². The Kier molecular flexibility index (Phi) is 5.83. The Morgan fingerprint density at radius 3 is 2.61 bits per heavy atom. The van der Waals surface area contributed by atoms with Crippen LogP contribution in [0.4, 0.5) is 0 Å². The fourth-order valence-corrected chi connectivity index (χ4v) is 3.81. The zero-order chi connectivity index (χ0) is 15.9. The molecule has 2 heterocycles. The summed E-state index contributed by atoms with van der Waals surface area (Å²) in [5, 5.41) is 7.33. The van der Waals surface area contributed by atoms with E-state index in [1.807, 2.05) is 0 Å². The average molecular weight is 328 g/mol. The number of carbonyl (C=O) groups is 1. The molecule has 0 atom stereocenters. The summed E-state index contributed by atoms with van der Waals surface area (Å²) in [5.41, 5.74) is 2.67. The van der Waals surface area contributed by atoms with Gasteiger partial charge in [-0.15, -0.1) is 0 Å². The van der Waals surface area contributed by atoms with Crippen LogP contribution < -0.4 is 5.32 Å². The maximum absolute atomic E-state index is 12.3. The van der Waals surface area contributed by atoms with Crippen molar-refractivity contribution >= 4 is 17.2 Å². The first kappa shape index (κ1) is 16.2. The van der Waals surface area contributed by atoms with Gasteiger partial charge in [0.25, 0.3) is 0 Å². The molecule has 3 rings (SSSR count). The first-order valence-corrected chi connectivity index (χ1v) is 9.30. The van der Waals surface area contributed by atoms with Crippen molar-refractivity contribution in [3.63, 3.8) is 0 Å². The summed E-state index contributed by atoms with van der Waals surface area (Å²) < 4.78 is 0. The zero-order valence-corrected chi connectivity index (χ0v) is 14.2. The molecule has 1 fully saturated rings. The van der Waals surface area contributed by atoms with Gasteiger partial charge in [-0.3, -0.25) is 9.69 Å². The van der Waals surface area contributed by atoms with Gasteiger partial charge in [-0.1, -0.05) is 30.3 Å². The SMILES string of the molecule is O=C(NCCc1ccsc1)C1CCN(Cc2ccccc2)CC1. The topological polar surface area (TPSA) is 32.3 Å². The monoisotopic (exact) mass is 328 g/mol. The molecule has 0 saturated carbocycles. The highest BCUT2D eigenvalue weighted by Gasteiger charge is 2.24. The van der Waals surface area contributed by atoms with Gasteiger partial charge in [-0.2, -0.15) is 11.3 Å². The number of rotatable bonds is 6. The van der Waals surface area contributed by atoms with Crippen molar-refractivity contribution in [3.05, 3.63) is 58.3 Å². The van der Waals surface area contributed by atoms with E-state index in [0.717, 1.165) is 45.4 Å². The van der Waals surface area contributed by atoms with Crippen molar-refractivity contribution < 1.29 is 4.79 Å². The van der Waals surface area contributed by atoms with E-state index in [-0.39, 0.29) is 11.8 Å². The highest BCUT2D eigenvalue weighted by Crippen LogP contribution is 2.19. The number of benzene rings is 1. The van der Waals surface area contributed by atoms with Gasteiger partial charge in [0.1, 0.15) is 0 Å². The summed E-state index contributed by atoms with van der Waals surface area (Å²) in [4.78, 5) is 14.7.